The molecule has 0 unspecified atom stereocenters. The summed E-state index contributed by atoms with van der Waals surface area (Å²) in [5.74, 6) is 0.865. The van der Waals surface area contributed by atoms with E-state index in [1.54, 1.807) is 6.92 Å². The number of fused-ring (bicyclic) bond motifs is 1. The van der Waals surface area contributed by atoms with Gasteiger partial charge in [0.15, 0.2) is 0 Å². The highest BCUT2D eigenvalue weighted by Crippen LogP contribution is 2.31. The van der Waals surface area contributed by atoms with E-state index in [2.05, 4.69) is 29.1 Å². The van der Waals surface area contributed by atoms with Crippen LogP contribution in [-0.4, -0.2) is 34.2 Å². The Hall–Kier alpha value is -2.17. The second kappa shape index (κ2) is 10.6. The topological polar surface area (TPSA) is 101 Å². The maximum absolute atomic E-state index is 12.5. The molecular weight excluding hydrogens is 466 g/mol. The van der Waals surface area contributed by atoms with Crippen LogP contribution in [0.3, 0.4) is 0 Å². The van der Waals surface area contributed by atoms with Gasteiger partial charge in [-0.2, -0.15) is 0 Å². The molecule has 0 aliphatic heterocycles. The normalized spacial score (nSPS) is 11.3. The quantitative estimate of drug-likeness (QED) is 0.411. The number of esters is 1. The number of rotatable bonds is 9. The molecular formula is C22H27N3O4S3. The van der Waals surface area contributed by atoms with Crippen LogP contribution in [0.4, 0.5) is 5.00 Å². The van der Waals surface area contributed by atoms with Crippen molar-refractivity contribution in [2.75, 3.05) is 17.7 Å². The average Bonchev–Trinajstić information content (AvgIpc) is 3.21. The second-order valence-corrected chi connectivity index (χ2v) is 10.9. The van der Waals surface area contributed by atoms with Crippen molar-refractivity contribution < 1.29 is 14.3 Å². The third-order valence-electron chi connectivity index (χ3n) is 4.79. The summed E-state index contributed by atoms with van der Waals surface area (Å²) in [6.07, 6.45) is 0.735. The predicted molar refractivity (Wildman–Crippen MR) is 133 cm³/mol. The number of aryl methyl sites for hydroxylation is 2. The number of nitrogens with zero attached hydrogens (tertiary/aromatic N) is 1. The minimum Gasteiger partial charge on any atom is -0.462 e. The van der Waals surface area contributed by atoms with Gasteiger partial charge in [-0.3, -0.25) is 9.59 Å². The van der Waals surface area contributed by atoms with E-state index < -0.39 is 5.97 Å². The molecule has 3 aromatic rings. The summed E-state index contributed by atoms with van der Waals surface area (Å²) in [6, 6.07) is 0. The Bertz CT molecular complexity index is 1190. The van der Waals surface area contributed by atoms with Crippen LogP contribution >= 0.6 is 34.4 Å². The van der Waals surface area contributed by atoms with E-state index in [0.717, 1.165) is 27.3 Å². The summed E-state index contributed by atoms with van der Waals surface area (Å²) < 4.78 is 5.20. The van der Waals surface area contributed by atoms with Gasteiger partial charge in [0.1, 0.15) is 15.7 Å². The Labute approximate surface area is 199 Å². The lowest BCUT2D eigenvalue weighted by molar-refractivity contribution is -0.113. The maximum Gasteiger partial charge on any atom is 0.341 e. The number of amides is 1. The number of anilines is 1. The highest BCUT2D eigenvalue weighted by molar-refractivity contribution is 7.99. The van der Waals surface area contributed by atoms with Crippen molar-refractivity contribution in [1.82, 2.24) is 9.97 Å². The number of ether oxygens (including phenoxy) is 1. The fourth-order valence-corrected chi connectivity index (χ4v) is 5.99. The molecule has 0 saturated carbocycles. The van der Waals surface area contributed by atoms with Crippen molar-refractivity contribution in [3.05, 3.63) is 43.1 Å². The molecule has 0 radical (unpaired) electrons. The number of aromatic nitrogens is 2. The molecule has 3 rings (SSSR count). The van der Waals surface area contributed by atoms with E-state index in [9.17, 15) is 14.4 Å². The van der Waals surface area contributed by atoms with E-state index in [1.165, 1.54) is 34.4 Å². The fourth-order valence-electron chi connectivity index (χ4n) is 3.27. The monoisotopic (exact) mass is 493 g/mol. The van der Waals surface area contributed by atoms with Gasteiger partial charge in [0.05, 0.1) is 29.1 Å². The van der Waals surface area contributed by atoms with E-state index in [1.807, 2.05) is 19.2 Å². The molecule has 32 heavy (non-hydrogen) atoms. The van der Waals surface area contributed by atoms with Crippen molar-refractivity contribution >= 4 is 61.5 Å². The van der Waals surface area contributed by atoms with Gasteiger partial charge in [0.25, 0.3) is 5.56 Å². The number of carbonyl (C=O) groups excluding carboxylic acids is 2. The largest absolute Gasteiger partial charge is 0.462 e. The summed E-state index contributed by atoms with van der Waals surface area (Å²) in [6.45, 7) is 10.1. The number of hydrogen-bond acceptors (Lipinski definition) is 8. The highest BCUT2D eigenvalue weighted by Gasteiger charge is 2.22. The SMILES string of the molecule is CCOC(=O)c1c(CC(C)C)csc1NC(=O)CSCc1nc2sc(C)c(C)c2c(=O)[nH]1. The smallest absolute Gasteiger partial charge is 0.341 e. The van der Waals surface area contributed by atoms with Gasteiger partial charge in [-0.25, -0.2) is 9.78 Å². The third kappa shape index (κ3) is 5.60. The summed E-state index contributed by atoms with van der Waals surface area (Å²) in [5.41, 5.74) is 2.15. The van der Waals surface area contributed by atoms with Crippen LogP contribution in [0.15, 0.2) is 10.2 Å². The van der Waals surface area contributed by atoms with Crippen molar-refractivity contribution in [3.63, 3.8) is 0 Å². The van der Waals surface area contributed by atoms with Crippen LogP contribution in [0.5, 0.6) is 0 Å². The zero-order valence-electron chi connectivity index (χ0n) is 18.8. The molecule has 3 heterocycles. The molecule has 3 aromatic heterocycles. The van der Waals surface area contributed by atoms with Crippen LogP contribution in [0.1, 0.15) is 53.0 Å². The summed E-state index contributed by atoms with van der Waals surface area (Å²) in [4.78, 5) is 46.5. The van der Waals surface area contributed by atoms with Gasteiger partial charge in [-0.15, -0.1) is 34.4 Å². The first-order valence-corrected chi connectivity index (χ1v) is 13.2. The number of thioether (sulfide) groups is 1. The Morgan fingerprint density at radius 1 is 1.31 bits per heavy atom. The molecule has 0 aliphatic rings. The Balaban J connectivity index is 1.65. The average molecular weight is 494 g/mol. The third-order valence-corrected chi connectivity index (χ3v) is 7.78. The van der Waals surface area contributed by atoms with Crippen LogP contribution in [0, 0.1) is 19.8 Å². The van der Waals surface area contributed by atoms with E-state index in [0.29, 0.717) is 33.4 Å². The summed E-state index contributed by atoms with van der Waals surface area (Å²) in [5, 5.41) is 5.91. The maximum atomic E-state index is 12.5. The van der Waals surface area contributed by atoms with Crippen molar-refractivity contribution in [3.8, 4) is 0 Å². The predicted octanol–water partition coefficient (Wildman–Crippen LogP) is 4.91. The minimum atomic E-state index is -0.413. The molecule has 0 fully saturated rings. The first-order chi connectivity index (χ1) is 15.2. The number of thiophene rings is 2. The molecule has 0 atom stereocenters. The first-order valence-electron chi connectivity index (χ1n) is 10.3. The van der Waals surface area contributed by atoms with Crippen LogP contribution in [0.2, 0.25) is 0 Å². The molecule has 0 spiro atoms. The van der Waals surface area contributed by atoms with E-state index in [4.69, 9.17) is 4.74 Å². The molecule has 0 aliphatic carbocycles. The van der Waals surface area contributed by atoms with Gasteiger partial charge in [0, 0.05) is 4.88 Å². The standard InChI is InChI=1S/C22H27N3O4S3/c1-6-29-22(28)18-14(7-11(2)3)8-31-20(18)25-16(26)10-30-9-15-23-19(27)17-12(4)13(5)32-21(17)24-15/h8,11H,6-7,9-10H2,1-5H3,(H,25,26)(H,23,24,27). The lowest BCUT2D eigenvalue weighted by Gasteiger charge is -2.10. The lowest BCUT2D eigenvalue weighted by atomic mass is 10.0. The lowest BCUT2D eigenvalue weighted by Crippen LogP contribution is -2.17. The van der Waals surface area contributed by atoms with Gasteiger partial charge >= 0.3 is 5.97 Å². The Morgan fingerprint density at radius 3 is 2.75 bits per heavy atom. The van der Waals surface area contributed by atoms with Gasteiger partial charge in [0.2, 0.25) is 5.91 Å². The van der Waals surface area contributed by atoms with Gasteiger partial charge in [-0.1, -0.05) is 13.8 Å². The number of nitrogens with one attached hydrogen (secondary N) is 2. The van der Waals surface area contributed by atoms with E-state index in [-0.39, 0.29) is 23.8 Å². The van der Waals surface area contributed by atoms with Crippen LogP contribution in [-0.2, 0) is 21.7 Å². The number of H-pyrrole nitrogens is 1. The van der Waals surface area contributed by atoms with E-state index >= 15 is 0 Å². The minimum absolute atomic E-state index is 0.146. The highest BCUT2D eigenvalue weighted by atomic mass is 32.2. The number of carbonyl (C=O) groups is 2. The first kappa shape index (κ1) is 24.5. The van der Waals surface area contributed by atoms with Crippen molar-refractivity contribution in [2.24, 2.45) is 5.92 Å². The summed E-state index contributed by atoms with van der Waals surface area (Å²) >= 11 is 4.19. The number of aromatic amines is 1. The molecule has 10 heteroatoms. The molecule has 1 amide bonds. The summed E-state index contributed by atoms with van der Waals surface area (Å²) in [7, 11) is 0. The number of hydrogen-bond donors (Lipinski definition) is 2. The molecule has 2 N–H and O–H groups in total. The van der Waals surface area contributed by atoms with Crippen LogP contribution < -0.4 is 10.9 Å². The van der Waals surface area contributed by atoms with Gasteiger partial charge in [-0.05, 0) is 49.6 Å². The zero-order valence-corrected chi connectivity index (χ0v) is 21.2. The second-order valence-electron chi connectivity index (χ2n) is 7.80. The van der Waals surface area contributed by atoms with Crippen molar-refractivity contribution in [1.29, 1.82) is 0 Å². The fraction of sp³-hybridized carbons (Fsp3) is 0.455. The zero-order chi connectivity index (χ0) is 23.4. The molecule has 172 valence electrons. The molecule has 0 aromatic carbocycles. The van der Waals surface area contributed by atoms with Crippen LogP contribution in [0.25, 0.3) is 10.2 Å². The molecule has 0 saturated heterocycles. The molecule has 7 nitrogen and oxygen atoms in total. The molecule has 0 bridgehead atoms. The van der Waals surface area contributed by atoms with Gasteiger partial charge < -0.3 is 15.0 Å². The Morgan fingerprint density at radius 2 is 2.06 bits per heavy atom. The van der Waals surface area contributed by atoms with Crippen molar-refractivity contribution in [2.45, 2.75) is 46.8 Å². The Kier molecular flexibility index (Phi) is 8.13.